The van der Waals surface area contributed by atoms with E-state index < -0.39 is 15.9 Å². The van der Waals surface area contributed by atoms with E-state index in [9.17, 15) is 13.2 Å². The molecule has 138 valence electrons. The van der Waals surface area contributed by atoms with Gasteiger partial charge < -0.3 is 5.32 Å². The number of nitrogens with zero attached hydrogens (tertiary/aromatic N) is 1. The van der Waals surface area contributed by atoms with E-state index in [1.807, 2.05) is 6.92 Å². The lowest BCUT2D eigenvalue weighted by atomic mass is 10.1. The summed E-state index contributed by atoms with van der Waals surface area (Å²) in [6.45, 7) is 2.78. The number of aryl methyl sites for hydroxylation is 1. The van der Waals surface area contributed by atoms with E-state index in [1.54, 1.807) is 18.2 Å². The van der Waals surface area contributed by atoms with E-state index in [4.69, 9.17) is 23.2 Å². The molecule has 0 unspecified atom stereocenters. The van der Waals surface area contributed by atoms with Gasteiger partial charge in [-0.3, -0.25) is 4.79 Å². The quantitative estimate of drug-likeness (QED) is 0.811. The van der Waals surface area contributed by atoms with E-state index >= 15 is 0 Å². The molecule has 5 nitrogen and oxygen atoms in total. The fourth-order valence-corrected chi connectivity index (χ4v) is 5.02. The van der Waals surface area contributed by atoms with Crippen molar-refractivity contribution in [2.75, 3.05) is 18.4 Å². The third kappa shape index (κ3) is 3.88. The maximum Gasteiger partial charge on any atom is 0.255 e. The predicted octanol–water partition coefficient (Wildman–Crippen LogP) is 4.34. The molecule has 26 heavy (non-hydrogen) atoms. The number of carbonyl (C=O) groups is 1. The van der Waals surface area contributed by atoms with Crippen LogP contribution < -0.4 is 5.32 Å². The van der Waals surface area contributed by atoms with E-state index in [2.05, 4.69) is 5.32 Å². The monoisotopic (exact) mass is 412 g/mol. The van der Waals surface area contributed by atoms with Gasteiger partial charge in [-0.1, -0.05) is 29.3 Å². The number of amides is 1. The molecule has 2 aromatic rings. The molecule has 1 heterocycles. The standard InChI is InChI=1S/C18H18Cl2N2O3S/c1-12-4-6-14(19)11-16(12)21-18(23)13-5-7-15(20)17(10-13)26(24,25)22-8-2-3-9-22/h4-7,10-11H,2-3,8-9H2,1H3,(H,21,23). The molecular formula is C18H18Cl2N2O3S. The summed E-state index contributed by atoms with van der Waals surface area (Å²) >= 11 is 12.1. The lowest BCUT2D eigenvalue weighted by Gasteiger charge is -2.17. The highest BCUT2D eigenvalue weighted by molar-refractivity contribution is 7.89. The molecule has 0 radical (unpaired) electrons. The number of carbonyl (C=O) groups excluding carboxylic acids is 1. The van der Waals surface area contributed by atoms with Crippen LogP contribution in [-0.2, 0) is 10.0 Å². The number of nitrogens with one attached hydrogen (secondary N) is 1. The Balaban J connectivity index is 1.92. The van der Waals surface area contributed by atoms with Gasteiger partial charge in [0.05, 0.1) is 5.02 Å². The van der Waals surface area contributed by atoms with E-state index in [1.165, 1.54) is 22.5 Å². The minimum atomic E-state index is -3.71. The fourth-order valence-electron chi connectivity index (χ4n) is 2.83. The van der Waals surface area contributed by atoms with Crippen molar-refractivity contribution in [3.63, 3.8) is 0 Å². The Bertz CT molecular complexity index is 955. The zero-order valence-electron chi connectivity index (χ0n) is 14.1. The molecule has 1 fully saturated rings. The number of rotatable bonds is 4. The minimum Gasteiger partial charge on any atom is -0.322 e. The molecule has 2 aromatic carbocycles. The third-order valence-electron chi connectivity index (χ3n) is 4.32. The molecule has 0 atom stereocenters. The highest BCUT2D eigenvalue weighted by atomic mass is 35.5. The number of anilines is 1. The van der Waals surface area contributed by atoms with E-state index in [0.29, 0.717) is 23.8 Å². The summed E-state index contributed by atoms with van der Waals surface area (Å²) in [6.07, 6.45) is 1.65. The Labute approximate surface area is 163 Å². The van der Waals surface area contributed by atoms with Crippen LogP contribution in [0.4, 0.5) is 5.69 Å². The molecule has 0 spiro atoms. The van der Waals surface area contributed by atoms with Crippen LogP contribution in [0, 0.1) is 6.92 Å². The molecule has 1 aliphatic heterocycles. The number of hydrogen-bond donors (Lipinski definition) is 1. The zero-order valence-corrected chi connectivity index (χ0v) is 16.5. The summed E-state index contributed by atoms with van der Waals surface area (Å²) in [6, 6.07) is 9.43. The summed E-state index contributed by atoms with van der Waals surface area (Å²) in [5.41, 5.74) is 1.63. The number of hydrogen-bond acceptors (Lipinski definition) is 3. The lowest BCUT2D eigenvalue weighted by Crippen LogP contribution is -2.28. The average molecular weight is 413 g/mol. The first-order valence-corrected chi connectivity index (χ1v) is 10.4. The van der Waals surface area contributed by atoms with Crippen LogP contribution >= 0.6 is 23.2 Å². The number of halogens is 2. The average Bonchev–Trinajstić information content (AvgIpc) is 3.13. The second-order valence-electron chi connectivity index (χ2n) is 6.17. The molecule has 1 aliphatic rings. The van der Waals surface area contributed by atoms with Gasteiger partial charge >= 0.3 is 0 Å². The van der Waals surface area contributed by atoms with Crippen molar-refractivity contribution >= 4 is 44.8 Å². The molecule has 8 heteroatoms. The van der Waals surface area contributed by atoms with Gasteiger partial charge in [-0.05, 0) is 55.7 Å². The summed E-state index contributed by atoms with van der Waals surface area (Å²) in [5.74, 6) is -0.426. The smallest absolute Gasteiger partial charge is 0.255 e. The second-order valence-corrected chi connectivity index (χ2v) is 8.92. The Morgan fingerprint density at radius 1 is 1.08 bits per heavy atom. The summed E-state index contributed by atoms with van der Waals surface area (Å²) in [7, 11) is -3.71. The van der Waals surface area contributed by atoms with Gasteiger partial charge in [-0.15, -0.1) is 0 Å². The van der Waals surface area contributed by atoms with Crippen molar-refractivity contribution in [1.29, 1.82) is 0 Å². The van der Waals surface area contributed by atoms with Crippen LogP contribution in [0.25, 0.3) is 0 Å². The van der Waals surface area contributed by atoms with E-state index in [-0.39, 0.29) is 15.5 Å². The topological polar surface area (TPSA) is 66.5 Å². The second kappa shape index (κ2) is 7.56. The predicted molar refractivity (Wildman–Crippen MR) is 104 cm³/mol. The summed E-state index contributed by atoms with van der Waals surface area (Å²) in [4.78, 5) is 12.5. The summed E-state index contributed by atoms with van der Waals surface area (Å²) in [5, 5.41) is 3.36. The summed E-state index contributed by atoms with van der Waals surface area (Å²) < 4.78 is 27.0. The molecule has 0 saturated carbocycles. The van der Waals surface area contributed by atoms with Crippen molar-refractivity contribution in [1.82, 2.24) is 4.31 Å². The molecule has 1 saturated heterocycles. The maximum absolute atomic E-state index is 12.8. The Hall–Kier alpha value is -1.60. The van der Waals surface area contributed by atoms with Crippen molar-refractivity contribution < 1.29 is 13.2 Å². The molecule has 1 N–H and O–H groups in total. The van der Waals surface area contributed by atoms with Gasteiger partial charge in [0.15, 0.2) is 0 Å². The van der Waals surface area contributed by atoms with Crippen LogP contribution in [0.2, 0.25) is 10.0 Å². The normalized spacial score (nSPS) is 15.2. The SMILES string of the molecule is Cc1ccc(Cl)cc1NC(=O)c1ccc(Cl)c(S(=O)(=O)N2CCCC2)c1. The van der Waals surface area contributed by atoms with Gasteiger partial charge in [0.25, 0.3) is 5.91 Å². The third-order valence-corrected chi connectivity index (χ3v) is 6.94. The number of benzene rings is 2. The van der Waals surface area contributed by atoms with Crippen LogP contribution in [0.1, 0.15) is 28.8 Å². The van der Waals surface area contributed by atoms with Crippen molar-refractivity contribution in [2.24, 2.45) is 0 Å². The minimum absolute atomic E-state index is 0.0449. The highest BCUT2D eigenvalue weighted by Crippen LogP contribution is 2.29. The zero-order chi connectivity index (χ0) is 18.9. The van der Waals surface area contributed by atoms with Crippen LogP contribution in [0.15, 0.2) is 41.3 Å². The van der Waals surface area contributed by atoms with Gasteiger partial charge in [0, 0.05) is 29.4 Å². The van der Waals surface area contributed by atoms with E-state index in [0.717, 1.165) is 18.4 Å². The van der Waals surface area contributed by atoms with Gasteiger partial charge in [-0.2, -0.15) is 4.31 Å². The fraction of sp³-hybridized carbons (Fsp3) is 0.278. The van der Waals surface area contributed by atoms with Crippen molar-refractivity contribution in [2.45, 2.75) is 24.7 Å². The van der Waals surface area contributed by atoms with Crippen LogP contribution in [0.5, 0.6) is 0 Å². The largest absolute Gasteiger partial charge is 0.322 e. The molecule has 3 rings (SSSR count). The molecule has 1 amide bonds. The first-order chi connectivity index (χ1) is 12.3. The lowest BCUT2D eigenvalue weighted by molar-refractivity contribution is 0.102. The van der Waals surface area contributed by atoms with Crippen molar-refractivity contribution in [3.8, 4) is 0 Å². The number of sulfonamides is 1. The first-order valence-electron chi connectivity index (χ1n) is 8.16. The van der Waals surface area contributed by atoms with Gasteiger partial charge in [0.2, 0.25) is 10.0 Å². The van der Waals surface area contributed by atoms with Crippen molar-refractivity contribution in [3.05, 3.63) is 57.6 Å². The Morgan fingerprint density at radius 3 is 2.46 bits per heavy atom. The molecule has 0 bridgehead atoms. The molecule has 0 aromatic heterocycles. The van der Waals surface area contributed by atoms with Gasteiger partial charge in [0.1, 0.15) is 4.90 Å². The molecule has 0 aliphatic carbocycles. The highest BCUT2D eigenvalue weighted by Gasteiger charge is 2.29. The first kappa shape index (κ1) is 19.2. The molecular weight excluding hydrogens is 395 g/mol. The van der Waals surface area contributed by atoms with Crippen LogP contribution in [0.3, 0.4) is 0 Å². The van der Waals surface area contributed by atoms with Gasteiger partial charge in [-0.25, -0.2) is 8.42 Å². The maximum atomic E-state index is 12.8. The Kier molecular flexibility index (Phi) is 5.58. The van der Waals surface area contributed by atoms with Crippen LogP contribution in [-0.4, -0.2) is 31.7 Å². The Morgan fingerprint density at radius 2 is 1.77 bits per heavy atom.